The van der Waals surface area contributed by atoms with Crippen molar-refractivity contribution in [2.75, 3.05) is 13.2 Å². The second-order valence-electron chi connectivity index (χ2n) is 7.64. The molecule has 0 unspecified atom stereocenters. The summed E-state index contributed by atoms with van der Waals surface area (Å²) in [5, 5.41) is 32.6. The van der Waals surface area contributed by atoms with E-state index in [1.807, 2.05) is 71.4 Å². The Morgan fingerprint density at radius 3 is 1.38 bits per heavy atom. The van der Waals surface area contributed by atoms with Gasteiger partial charge in [0.15, 0.2) is 0 Å². The number of aliphatic hydroxyl groups excluding tert-OH is 2. The highest BCUT2D eigenvalue weighted by atomic mass is 32.1. The van der Waals surface area contributed by atoms with Crippen LogP contribution in [0.1, 0.15) is 43.9 Å². The third-order valence-corrected chi connectivity index (χ3v) is 6.97. The number of nitrogens with one attached hydrogen (secondary N) is 2. The van der Waals surface area contributed by atoms with Crippen LogP contribution in [0.2, 0.25) is 0 Å². The summed E-state index contributed by atoms with van der Waals surface area (Å²) in [4.78, 5) is 26.2. The highest BCUT2D eigenvalue weighted by molar-refractivity contribution is 7.09. The lowest BCUT2D eigenvalue weighted by atomic mass is 10.0. The molecule has 174 valence electrons. The normalized spacial score (nSPS) is 12.6. The summed E-state index contributed by atoms with van der Waals surface area (Å²) in [6.07, 6.45) is 0. The predicted molar refractivity (Wildman–Crippen MR) is 135 cm³/mol. The van der Waals surface area contributed by atoms with Crippen molar-refractivity contribution < 1.29 is 19.8 Å². The molecule has 0 bridgehead atoms. The Bertz CT molecular complexity index is 1140. The summed E-state index contributed by atoms with van der Waals surface area (Å²) in [5.74, 6) is -0.650. The number of hydrogen-bond donors (Lipinski definition) is 4. The van der Waals surface area contributed by atoms with E-state index in [1.54, 1.807) is 10.8 Å². The van der Waals surface area contributed by atoms with E-state index in [1.165, 1.54) is 22.7 Å². The second kappa shape index (κ2) is 11.2. The van der Waals surface area contributed by atoms with E-state index in [9.17, 15) is 19.8 Å². The van der Waals surface area contributed by atoms with Crippen LogP contribution in [-0.2, 0) is 0 Å². The summed E-state index contributed by atoms with van der Waals surface area (Å²) < 4.78 is 0. The molecule has 34 heavy (non-hydrogen) atoms. The van der Waals surface area contributed by atoms with Crippen molar-refractivity contribution in [3.8, 4) is 11.1 Å². The van der Waals surface area contributed by atoms with Crippen LogP contribution >= 0.6 is 22.7 Å². The van der Waals surface area contributed by atoms with Crippen molar-refractivity contribution in [1.29, 1.82) is 0 Å². The van der Waals surface area contributed by atoms with Gasteiger partial charge in [-0.05, 0) is 21.9 Å². The first kappa shape index (κ1) is 23.8. The Kier molecular flexibility index (Phi) is 7.87. The van der Waals surface area contributed by atoms with Crippen LogP contribution in [0.5, 0.6) is 0 Å². The summed E-state index contributed by atoms with van der Waals surface area (Å²) in [6.45, 7) is -0.466. The van der Waals surface area contributed by atoms with Gasteiger partial charge in [-0.25, -0.2) is 0 Å². The Morgan fingerprint density at radius 2 is 1.03 bits per heavy atom. The minimum atomic E-state index is -0.539. The summed E-state index contributed by atoms with van der Waals surface area (Å²) in [7, 11) is 0. The number of carbonyl (C=O) groups excluding carboxylic acids is 2. The fraction of sp³-hybridized carbons (Fsp3) is 0.154. The van der Waals surface area contributed by atoms with Crippen LogP contribution in [0.3, 0.4) is 0 Å². The Labute approximate surface area is 205 Å². The molecule has 0 fully saturated rings. The van der Waals surface area contributed by atoms with Crippen molar-refractivity contribution in [2.24, 2.45) is 0 Å². The van der Waals surface area contributed by atoms with Crippen LogP contribution in [0, 0.1) is 0 Å². The Hall–Kier alpha value is -3.30. The monoisotopic (exact) mass is 492 g/mol. The van der Waals surface area contributed by atoms with E-state index >= 15 is 0 Å². The SMILES string of the molecule is O=C(N[C@H](CO)c1ccccc1)c1cscc1-c1cscc1C(=O)N[C@H](CO)c1ccccc1. The van der Waals surface area contributed by atoms with Gasteiger partial charge >= 0.3 is 0 Å². The summed E-state index contributed by atoms with van der Waals surface area (Å²) in [5.41, 5.74) is 3.79. The van der Waals surface area contributed by atoms with Crippen molar-refractivity contribution in [1.82, 2.24) is 10.6 Å². The third-order valence-electron chi connectivity index (χ3n) is 5.48. The quantitative estimate of drug-likeness (QED) is 0.278. The van der Waals surface area contributed by atoms with E-state index < -0.39 is 12.1 Å². The van der Waals surface area contributed by atoms with Gasteiger partial charge in [0, 0.05) is 21.9 Å². The van der Waals surface area contributed by atoms with Gasteiger partial charge in [-0.15, -0.1) is 0 Å². The molecule has 4 rings (SSSR count). The molecule has 2 heterocycles. The maximum atomic E-state index is 13.1. The zero-order valence-corrected chi connectivity index (χ0v) is 19.8. The van der Waals surface area contributed by atoms with Gasteiger partial charge in [-0.2, -0.15) is 22.7 Å². The van der Waals surface area contributed by atoms with Gasteiger partial charge in [0.05, 0.1) is 36.4 Å². The maximum Gasteiger partial charge on any atom is 0.253 e. The largest absolute Gasteiger partial charge is 0.394 e. The van der Waals surface area contributed by atoms with E-state index in [2.05, 4.69) is 10.6 Å². The highest BCUT2D eigenvalue weighted by Crippen LogP contribution is 2.33. The lowest BCUT2D eigenvalue weighted by Gasteiger charge is -2.18. The van der Waals surface area contributed by atoms with Gasteiger partial charge in [-0.1, -0.05) is 60.7 Å². The van der Waals surface area contributed by atoms with Gasteiger partial charge in [0.25, 0.3) is 11.8 Å². The summed E-state index contributed by atoms with van der Waals surface area (Å²) >= 11 is 2.74. The second-order valence-corrected chi connectivity index (χ2v) is 9.12. The van der Waals surface area contributed by atoms with Crippen molar-refractivity contribution in [2.45, 2.75) is 12.1 Å². The zero-order valence-electron chi connectivity index (χ0n) is 18.2. The van der Waals surface area contributed by atoms with Gasteiger partial charge in [-0.3, -0.25) is 9.59 Å². The van der Waals surface area contributed by atoms with Crippen molar-refractivity contribution in [3.63, 3.8) is 0 Å². The average Bonchev–Trinajstić information content (AvgIpc) is 3.56. The molecular weight excluding hydrogens is 468 g/mol. The molecule has 0 radical (unpaired) electrons. The first-order chi connectivity index (χ1) is 16.6. The standard InChI is InChI=1S/C26H24N2O4S2/c29-11-23(17-7-3-1-4-8-17)27-25(31)21-15-33-13-19(21)20-14-34-16-22(20)26(32)28-24(12-30)18-9-5-2-6-10-18/h1-10,13-16,23-24,29-30H,11-12H2,(H,27,31)(H,28,32)/t23-,24-/m1/s1. The lowest BCUT2D eigenvalue weighted by molar-refractivity contribution is 0.0908. The Morgan fingerprint density at radius 1 is 0.647 bits per heavy atom. The topological polar surface area (TPSA) is 98.7 Å². The molecule has 4 aromatic rings. The number of thiophene rings is 2. The molecule has 6 nitrogen and oxygen atoms in total. The highest BCUT2D eigenvalue weighted by Gasteiger charge is 2.24. The lowest BCUT2D eigenvalue weighted by Crippen LogP contribution is -2.31. The van der Waals surface area contributed by atoms with Gasteiger partial charge < -0.3 is 20.8 Å². The molecule has 0 saturated carbocycles. The van der Waals surface area contributed by atoms with Crippen molar-refractivity contribution >= 4 is 34.5 Å². The number of carbonyl (C=O) groups is 2. The van der Waals surface area contributed by atoms with E-state index in [-0.39, 0.29) is 25.0 Å². The zero-order chi connectivity index (χ0) is 23.9. The van der Waals surface area contributed by atoms with E-state index in [0.717, 1.165) is 11.1 Å². The maximum absolute atomic E-state index is 13.1. The number of hydrogen-bond acceptors (Lipinski definition) is 6. The van der Waals surface area contributed by atoms with Gasteiger partial charge in [0.2, 0.25) is 0 Å². The molecular formula is C26H24N2O4S2. The molecule has 0 aliphatic heterocycles. The Balaban J connectivity index is 1.55. The first-order valence-corrected chi connectivity index (χ1v) is 12.6. The third kappa shape index (κ3) is 5.26. The van der Waals surface area contributed by atoms with Gasteiger partial charge in [0.1, 0.15) is 0 Å². The van der Waals surface area contributed by atoms with Crippen LogP contribution in [-0.4, -0.2) is 35.2 Å². The minimum absolute atomic E-state index is 0.233. The molecule has 8 heteroatoms. The van der Waals surface area contributed by atoms with Crippen LogP contribution in [0.25, 0.3) is 11.1 Å². The smallest absolute Gasteiger partial charge is 0.253 e. The summed E-state index contributed by atoms with van der Waals surface area (Å²) in [6, 6.07) is 17.5. The van der Waals surface area contributed by atoms with Crippen LogP contribution < -0.4 is 10.6 Å². The number of rotatable bonds is 9. The molecule has 2 aromatic heterocycles. The van der Waals surface area contributed by atoms with Crippen LogP contribution in [0.15, 0.2) is 82.2 Å². The first-order valence-electron chi connectivity index (χ1n) is 10.7. The molecule has 2 aromatic carbocycles. The fourth-order valence-electron chi connectivity index (χ4n) is 3.67. The average molecular weight is 493 g/mol. The molecule has 0 saturated heterocycles. The molecule has 0 spiro atoms. The molecule has 0 aliphatic carbocycles. The van der Waals surface area contributed by atoms with E-state index in [4.69, 9.17) is 0 Å². The predicted octanol–water partition coefficient (Wildman–Crippen LogP) is 4.40. The molecule has 2 amide bonds. The van der Waals surface area contributed by atoms with E-state index in [0.29, 0.717) is 22.3 Å². The van der Waals surface area contributed by atoms with Crippen LogP contribution in [0.4, 0.5) is 0 Å². The molecule has 4 N–H and O–H groups in total. The molecule has 0 aliphatic rings. The fourth-order valence-corrected chi connectivity index (χ4v) is 5.33. The number of amides is 2. The number of aliphatic hydroxyl groups is 2. The molecule has 2 atom stereocenters. The van der Waals surface area contributed by atoms with Crippen molar-refractivity contribution in [3.05, 3.63) is 104 Å². The minimum Gasteiger partial charge on any atom is -0.394 e. The number of benzene rings is 2.